The molecule has 0 atom stereocenters. The average molecular weight is 231 g/mol. The number of carbonyl (C=O) groups excluding carboxylic acids is 1. The highest BCUT2D eigenvalue weighted by molar-refractivity contribution is 5.96. The van der Waals surface area contributed by atoms with Crippen molar-refractivity contribution in [2.75, 3.05) is 20.2 Å². The van der Waals surface area contributed by atoms with Crippen molar-refractivity contribution in [2.24, 2.45) is 0 Å². The van der Waals surface area contributed by atoms with Gasteiger partial charge in [0.2, 0.25) is 0 Å². The molecule has 1 aliphatic rings. The van der Waals surface area contributed by atoms with Crippen molar-refractivity contribution >= 4 is 5.91 Å². The van der Waals surface area contributed by atoms with Gasteiger partial charge in [0.15, 0.2) is 0 Å². The van der Waals surface area contributed by atoms with E-state index in [1.54, 1.807) is 7.11 Å². The van der Waals surface area contributed by atoms with Gasteiger partial charge in [-0.05, 0) is 36.6 Å². The van der Waals surface area contributed by atoms with E-state index in [4.69, 9.17) is 4.74 Å². The molecule has 0 aromatic heterocycles. The van der Waals surface area contributed by atoms with Crippen LogP contribution in [-0.4, -0.2) is 31.0 Å². The van der Waals surface area contributed by atoms with Crippen molar-refractivity contribution in [3.8, 4) is 5.75 Å². The van der Waals surface area contributed by atoms with Crippen LogP contribution in [0.5, 0.6) is 5.75 Å². The van der Waals surface area contributed by atoms with Crippen LogP contribution < -0.4 is 4.74 Å². The SMILES string of the molecule is C=CCCN1CCc2cc(OC)ccc2C1=O. The normalized spacial score (nSPS) is 14.4. The van der Waals surface area contributed by atoms with Gasteiger partial charge in [-0.3, -0.25) is 4.79 Å². The summed E-state index contributed by atoms with van der Waals surface area (Å²) in [6.45, 7) is 5.22. The third-order valence-electron chi connectivity index (χ3n) is 3.08. The molecule has 0 spiro atoms. The number of hydrogen-bond donors (Lipinski definition) is 0. The minimum Gasteiger partial charge on any atom is -0.497 e. The fourth-order valence-electron chi connectivity index (χ4n) is 2.10. The molecule has 0 bridgehead atoms. The van der Waals surface area contributed by atoms with Crippen molar-refractivity contribution in [2.45, 2.75) is 12.8 Å². The average Bonchev–Trinajstić information content (AvgIpc) is 2.37. The maximum absolute atomic E-state index is 12.2. The van der Waals surface area contributed by atoms with E-state index in [0.717, 1.165) is 42.8 Å². The first kappa shape index (κ1) is 11.7. The molecule has 1 aromatic rings. The predicted molar refractivity (Wildman–Crippen MR) is 67.4 cm³/mol. The van der Waals surface area contributed by atoms with Crippen LogP contribution >= 0.6 is 0 Å². The second-order valence-electron chi connectivity index (χ2n) is 4.14. The summed E-state index contributed by atoms with van der Waals surface area (Å²) < 4.78 is 5.17. The Hall–Kier alpha value is -1.77. The largest absolute Gasteiger partial charge is 0.497 e. The highest BCUT2D eigenvalue weighted by Gasteiger charge is 2.23. The van der Waals surface area contributed by atoms with Gasteiger partial charge in [-0.15, -0.1) is 6.58 Å². The Balaban J connectivity index is 2.21. The van der Waals surface area contributed by atoms with Crippen LogP contribution in [0.1, 0.15) is 22.3 Å². The van der Waals surface area contributed by atoms with Gasteiger partial charge in [0, 0.05) is 18.7 Å². The fraction of sp³-hybridized carbons (Fsp3) is 0.357. The van der Waals surface area contributed by atoms with Crippen molar-refractivity contribution in [3.05, 3.63) is 42.0 Å². The highest BCUT2D eigenvalue weighted by Crippen LogP contribution is 2.23. The number of methoxy groups -OCH3 is 1. The molecule has 90 valence electrons. The predicted octanol–water partition coefficient (Wildman–Crippen LogP) is 2.27. The first-order chi connectivity index (χ1) is 8.26. The monoisotopic (exact) mass is 231 g/mol. The van der Waals surface area contributed by atoms with Gasteiger partial charge in [0.1, 0.15) is 5.75 Å². The molecule has 1 aromatic carbocycles. The minimum absolute atomic E-state index is 0.121. The van der Waals surface area contributed by atoms with Gasteiger partial charge >= 0.3 is 0 Å². The molecular weight excluding hydrogens is 214 g/mol. The van der Waals surface area contributed by atoms with E-state index >= 15 is 0 Å². The first-order valence-electron chi connectivity index (χ1n) is 5.83. The summed E-state index contributed by atoms with van der Waals surface area (Å²) in [5, 5.41) is 0. The summed E-state index contributed by atoms with van der Waals surface area (Å²) in [6.07, 6.45) is 3.59. The maximum Gasteiger partial charge on any atom is 0.254 e. The molecular formula is C14H17NO2. The lowest BCUT2D eigenvalue weighted by Crippen LogP contribution is -2.38. The molecule has 0 saturated carbocycles. The van der Waals surface area contributed by atoms with E-state index in [-0.39, 0.29) is 5.91 Å². The summed E-state index contributed by atoms with van der Waals surface area (Å²) in [5.74, 6) is 0.937. The van der Waals surface area contributed by atoms with Crippen LogP contribution in [0.4, 0.5) is 0 Å². The highest BCUT2D eigenvalue weighted by atomic mass is 16.5. The number of nitrogens with zero attached hydrogens (tertiary/aromatic N) is 1. The van der Waals surface area contributed by atoms with E-state index in [1.165, 1.54) is 0 Å². The van der Waals surface area contributed by atoms with Crippen LogP contribution in [0.15, 0.2) is 30.9 Å². The summed E-state index contributed by atoms with van der Waals surface area (Å²) in [7, 11) is 1.64. The molecule has 0 fully saturated rings. The van der Waals surface area contributed by atoms with Gasteiger partial charge in [0.25, 0.3) is 5.91 Å². The van der Waals surface area contributed by atoms with Gasteiger partial charge in [-0.1, -0.05) is 6.08 Å². The van der Waals surface area contributed by atoms with Gasteiger partial charge in [-0.2, -0.15) is 0 Å². The van der Waals surface area contributed by atoms with Crippen molar-refractivity contribution in [3.63, 3.8) is 0 Å². The fourth-order valence-corrected chi connectivity index (χ4v) is 2.10. The zero-order valence-corrected chi connectivity index (χ0v) is 10.1. The molecule has 0 radical (unpaired) electrons. The van der Waals surface area contributed by atoms with Crippen molar-refractivity contribution < 1.29 is 9.53 Å². The van der Waals surface area contributed by atoms with Crippen molar-refractivity contribution in [1.29, 1.82) is 0 Å². The zero-order valence-electron chi connectivity index (χ0n) is 10.1. The lowest BCUT2D eigenvalue weighted by Gasteiger charge is -2.28. The van der Waals surface area contributed by atoms with E-state index in [0.29, 0.717) is 0 Å². The second kappa shape index (κ2) is 5.04. The van der Waals surface area contributed by atoms with E-state index in [2.05, 4.69) is 6.58 Å². The standard InChI is InChI=1S/C14H17NO2/c1-3-4-8-15-9-7-11-10-12(17-2)5-6-13(11)14(15)16/h3,5-6,10H,1,4,7-9H2,2H3. The van der Waals surface area contributed by atoms with E-state index in [9.17, 15) is 4.79 Å². The molecule has 17 heavy (non-hydrogen) atoms. The third kappa shape index (κ3) is 2.33. The quantitative estimate of drug-likeness (QED) is 0.744. The Bertz CT molecular complexity index is 440. The number of amides is 1. The number of hydrogen-bond acceptors (Lipinski definition) is 2. The summed E-state index contributed by atoms with van der Waals surface area (Å²) in [6, 6.07) is 5.66. The van der Waals surface area contributed by atoms with E-state index in [1.807, 2.05) is 29.2 Å². The molecule has 0 saturated heterocycles. The Kier molecular flexibility index (Phi) is 3.47. The zero-order chi connectivity index (χ0) is 12.3. The Labute approximate surface area is 102 Å². The summed E-state index contributed by atoms with van der Waals surface area (Å²) in [4.78, 5) is 14.1. The molecule has 0 aliphatic carbocycles. The molecule has 2 rings (SSSR count). The number of fused-ring (bicyclic) bond motifs is 1. The molecule has 1 aliphatic heterocycles. The number of carbonyl (C=O) groups is 1. The smallest absolute Gasteiger partial charge is 0.254 e. The van der Waals surface area contributed by atoms with Crippen LogP contribution in [0.3, 0.4) is 0 Å². The number of ether oxygens (including phenoxy) is 1. The van der Waals surface area contributed by atoms with Gasteiger partial charge in [0.05, 0.1) is 7.11 Å². The lowest BCUT2D eigenvalue weighted by atomic mass is 9.98. The molecule has 3 heteroatoms. The Morgan fingerprint density at radius 3 is 3.06 bits per heavy atom. The number of benzene rings is 1. The van der Waals surface area contributed by atoms with E-state index < -0.39 is 0 Å². The second-order valence-corrected chi connectivity index (χ2v) is 4.14. The third-order valence-corrected chi connectivity index (χ3v) is 3.08. The summed E-state index contributed by atoms with van der Waals surface area (Å²) in [5.41, 5.74) is 1.89. The first-order valence-corrected chi connectivity index (χ1v) is 5.83. The molecule has 3 nitrogen and oxygen atoms in total. The Morgan fingerprint density at radius 1 is 1.53 bits per heavy atom. The molecule has 0 N–H and O–H groups in total. The minimum atomic E-state index is 0.121. The Morgan fingerprint density at radius 2 is 2.35 bits per heavy atom. The van der Waals surface area contributed by atoms with Crippen LogP contribution in [0, 0.1) is 0 Å². The van der Waals surface area contributed by atoms with Crippen LogP contribution in [0.25, 0.3) is 0 Å². The van der Waals surface area contributed by atoms with Crippen LogP contribution in [-0.2, 0) is 6.42 Å². The van der Waals surface area contributed by atoms with Gasteiger partial charge < -0.3 is 9.64 Å². The van der Waals surface area contributed by atoms with Crippen molar-refractivity contribution in [1.82, 2.24) is 4.90 Å². The van der Waals surface area contributed by atoms with Gasteiger partial charge in [-0.25, -0.2) is 0 Å². The van der Waals surface area contributed by atoms with Crippen LogP contribution in [0.2, 0.25) is 0 Å². The summed E-state index contributed by atoms with van der Waals surface area (Å²) >= 11 is 0. The molecule has 1 amide bonds. The lowest BCUT2D eigenvalue weighted by molar-refractivity contribution is 0.0742. The maximum atomic E-state index is 12.2. The molecule has 0 unspecified atom stereocenters. The topological polar surface area (TPSA) is 29.5 Å². The molecule has 1 heterocycles. The number of rotatable bonds is 4.